The van der Waals surface area contributed by atoms with Crippen LogP contribution in [-0.4, -0.2) is 36.2 Å². The van der Waals surface area contributed by atoms with Crippen molar-refractivity contribution in [1.82, 2.24) is 24.1 Å². The van der Waals surface area contributed by atoms with Crippen LogP contribution >= 0.6 is 0 Å². The number of alkyl halides is 3. The average Bonchev–Trinajstić information content (AvgIpc) is 3.39. The summed E-state index contributed by atoms with van der Waals surface area (Å²) >= 11 is 0. The highest BCUT2D eigenvalue weighted by Crippen LogP contribution is 2.41. The van der Waals surface area contributed by atoms with Gasteiger partial charge < -0.3 is 5.32 Å². The first kappa shape index (κ1) is 21.2. The van der Waals surface area contributed by atoms with Crippen molar-refractivity contribution in [3.8, 4) is 11.4 Å². The summed E-state index contributed by atoms with van der Waals surface area (Å²) in [6.07, 6.45) is -0.798. The minimum atomic E-state index is -4.28. The Labute approximate surface area is 187 Å². The second-order valence-corrected chi connectivity index (χ2v) is 8.28. The molecule has 1 unspecified atom stereocenters. The van der Waals surface area contributed by atoms with Crippen LogP contribution in [0.5, 0.6) is 0 Å². The lowest BCUT2D eigenvalue weighted by Crippen LogP contribution is -2.35. The molecular weight excluding hydrogens is 433 g/mol. The number of aryl methyl sites for hydroxylation is 2. The summed E-state index contributed by atoms with van der Waals surface area (Å²) in [5.74, 6) is -0.898. The molecule has 1 aliphatic heterocycles. The van der Waals surface area contributed by atoms with Gasteiger partial charge in [0.1, 0.15) is 17.2 Å². The molecule has 1 amide bonds. The number of hydrogen-bond donors (Lipinski definition) is 1. The Kier molecular flexibility index (Phi) is 4.95. The van der Waals surface area contributed by atoms with Crippen LogP contribution < -0.4 is 5.32 Å². The largest absolute Gasteiger partial charge is 0.393 e. The van der Waals surface area contributed by atoms with Gasteiger partial charge >= 0.3 is 6.18 Å². The third kappa shape index (κ3) is 3.75. The summed E-state index contributed by atoms with van der Waals surface area (Å²) < 4.78 is 43.1. The highest BCUT2D eigenvalue weighted by atomic mass is 19.4. The number of pyridine rings is 1. The number of nitrogens with zero attached hydrogens (tertiary/aromatic N) is 5. The van der Waals surface area contributed by atoms with Crippen LogP contribution in [0.2, 0.25) is 0 Å². The molecule has 4 heterocycles. The van der Waals surface area contributed by atoms with Crippen LogP contribution in [0.25, 0.3) is 17.0 Å². The fraction of sp³-hybridized carbons (Fsp3) is 0.304. The van der Waals surface area contributed by atoms with Gasteiger partial charge in [0.25, 0.3) is 5.91 Å². The molecule has 1 N–H and O–H groups in total. The molecule has 170 valence electrons. The lowest BCUT2D eigenvalue weighted by molar-refractivity contribution is -0.190. The number of hydrogen-bond acceptors (Lipinski definition) is 4. The minimum absolute atomic E-state index is 0.00267. The number of rotatable bonds is 3. The molecule has 0 saturated carbocycles. The molecule has 0 aliphatic carbocycles. The average molecular weight is 454 g/mol. The maximum atomic E-state index is 13.3. The minimum Gasteiger partial charge on any atom is -0.320 e. The maximum absolute atomic E-state index is 13.3. The molecule has 5 rings (SSSR count). The van der Waals surface area contributed by atoms with E-state index in [4.69, 9.17) is 0 Å². The fourth-order valence-electron chi connectivity index (χ4n) is 4.29. The van der Waals surface area contributed by atoms with Gasteiger partial charge in [0.05, 0.1) is 18.2 Å². The second-order valence-electron chi connectivity index (χ2n) is 8.28. The molecule has 1 aromatic carbocycles. The summed E-state index contributed by atoms with van der Waals surface area (Å²) in [4.78, 5) is 21.6. The van der Waals surface area contributed by atoms with Gasteiger partial charge in [-0.1, -0.05) is 18.2 Å². The van der Waals surface area contributed by atoms with E-state index in [1.165, 1.54) is 17.8 Å². The molecule has 3 aromatic heterocycles. The highest BCUT2D eigenvalue weighted by molar-refractivity contribution is 6.04. The number of fused-ring (bicyclic) bond motifs is 2. The number of carbonyl (C=O) groups is 1. The molecular formula is C23H21F3N6O. The Morgan fingerprint density at radius 2 is 2.03 bits per heavy atom. The zero-order valence-corrected chi connectivity index (χ0v) is 18.0. The van der Waals surface area contributed by atoms with Crippen molar-refractivity contribution in [2.24, 2.45) is 5.92 Å². The van der Waals surface area contributed by atoms with Crippen LogP contribution in [0, 0.1) is 12.8 Å². The molecule has 2 atom stereocenters. The first-order chi connectivity index (χ1) is 15.7. The predicted octanol–water partition coefficient (Wildman–Crippen LogP) is 4.84. The van der Waals surface area contributed by atoms with Crippen LogP contribution in [0.15, 0.2) is 48.8 Å². The van der Waals surface area contributed by atoms with Crippen molar-refractivity contribution in [2.45, 2.75) is 38.9 Å². The number of aromatic nitrogens is 5. The number of benzene rings is 1. The highest BCUT2D eigenvalue weighted by Gasteiger charge is 2.46. The molecule has 0 fully saturated rings. The molecule has 10 heteroatoms. The number of imidazole rings is 1. The van der Waals surface area contributed by atoms with Gasteiger partial charge in [0.15, 0.2) is 5.82 Å². The van der Waals surface area contributed by atoms with Gasteiger partial charge in [-0.2, -0.15) is 18.3 Å². The van der Waals surface area contributed by atoms with Crippen molar-refractivity contribution in [3.63, 3.8) is 0 Å². The van der Waals surface area contributed by atoms with E-state index in [9.17, 15) is 18.0 Å². The number of carbonyl (C=O) groups excluding carboxylic acids is 1. The lowest BCUT2D eigenvalue weighted by atomic mass is 9.92. The second kappa shape index (κ2) is 7.72. The Bertz CT molecular complexity index is 1360. The van der Waals surface area contributed by atoms with E-state index in [0.29, 0.717) is 34.2 Å². The van der Waals surface area contributed by atoms with Crippen molar-refractivity contribution >= 4 is 17.2 Å². The molecule has 1 aliphatic rings. The van der Waals surface area contributed by atoms with Crippen molar-refractivity contribution in [1.29, 1.82) is 0 Å². The maximum Gasteiger partial charge on any atom is 0.393 e. The van der Waals surface area contributed by atoms with Crippen molar-refractivity contribution < 1.29 is 18.0 Å². The topological polar surface area (TPSA) is 77.1 Å². The van der Waals surface area contributed by atoms with E-state index in [0.717, 1.165) is 5.56 Å². The predicted molar refractivity (Wildman–Crippen MR) is 116 cm³/mol. The van der Waals surface area contributed by atoms with Crippen molar-refractivity contribution in [3.05, 3.63) is 65.9 Å². The standard InChI is InChI=1S/C23H21F3N6O/c1-13-6-7-15(21-29-20-9-8-16(23(24,25)26)14(2)32(20)30-21)11-17(13)28-22(33)18-12-27-19-5-3-4-10-31(18)19/h3-7,10-12,14,16H,8-9H2,1-2H3,(H,28,33)/t14?,16-/m1/s1. The zero-order valence-electron chi connectivity index (χ0n) is 18.0. The number of amides is 1. The third-order valence-electron chi connectivity index (χ3n) is 6.16. The normalized spacial score (nSPS) is 18.3. The quantitative estimate of drug-likeness (QED) is 0.481. The monoisotopic (exact) mass is 454 g/mol. The molecule has 7 nitrogen and oxygen atoms in total. The number of anilines is 1. The lowest BCUT2D eigenvalue weighted by Gasteiger charge is -2.30. The molecule has 33 heavy (non-hydrogen) atoms. The third-order valence-corrected chi connectivity index (χ3v) is 6.16. The molecule has 0 radical (unpaired) electrons. The van der Waals surface area contributed by atoms with Gasteiger partial charge in [0, 0.05) is 23.9 Å². The zero-order chi connectivity index (χ0) is 23.3. The molecule has 0 bridgehead atoms. The van der Waals surface area contributed by atoms with Gasteiger partial charge in [-0.25, -0.2) is 14.6 Å². The van der Waals surface area contributed by atoms with E-state index in [-0.39, 0.29) is 18.7 Å². The van der Waals surface area contributed by atoms with Gasteiger partial charge in [-0.3, -0.25) is 9.20 Å². The van der Waals surface area contributed by atoms with Crippen LogP contribution in [-0.2, 0) is 6.42 Å². The Balaban J connectivity index is 1.44. The summed E-state index contributed by atoms with van der Waals surface area (Å²) in [6, 6.07) is 9.99. The van der Waals surface area contributed by atoms with Crippen LogP contribution in [0.1, 0.15) is 41.3 Å². The Morgan fingerprint density at radius 3 is 2.82 bits per heavy atom. The Morgan fingerprint density at radius 1 is 1.21 bits per heavy atom. The number of nitrogens with one attached hydrogen (secondary N) is 1. The van der Waals surface area contributed by atoms with Gasteiger partial charge in [-0.15, -0.1) is 0 Å². The molecule has 0 spiro atoms. The van der Waals surface area contributed by atoms with Crippen LogP contribution in [0.4, 0.5) is 18.9 Å². The van der Waals surface area contributed by atoms with Gasteiger partial charge in [0.2, 0.25) is 0 Å². The van der Waals surface area contributed by atoms with Crippen molar-refractivity contribution in [2.75, 3.05) is 5.32 Å². The number of halogens is 3. The smallest absolute Gasteiger partial charge is 0.320 e. The molecule has 0 saturated heterocycles. The summed E-state index contributed by atoms with van der Waals surface area (Å²) in [6.45, 7) is 3.38. The Hall–Kier alpha value is -3.69. The summed E-state index contributed by atoms with van der Waals surface area (Å²) in [7, 11) is 0. The van der Waals surface area contributed by atoms with Crippen LogP contribution in [0.3, 0.4) is 0 Å². The van der Waals surface area contributed by atoms with E-state index >= 15 is 0 Å². The molecule has 4 aromatic rings. The van der Waals surface area contributed by atoms with E-state index in [2.05, 4.69) is 20.4 Å². The van der Waals surface area contributed by atoms with E-state index < -0.39 is 18.1 Å². The SMILES string of the molecule is Cc1ccc(-c2nc3n(n2)C(C)[C@H](C(F)(F)F)CC3)cc1NC(=O)c1cnc2ccccn12. The first-order valence-corrected chi connectivity index (χ1v) is 10.6. The van der Waals surface area contributed by atoms with E-state index in [1.54, 1.807) is 28.8 Å². The summed E-state index contributed by atoms with van der Waals surface area (Å²) in [5.41, 5.74) is 3.06. The summed E-state index contributed by atoms with van der Waals surface area (Å²) in [5, 5.41) is 7.29. The fourth-order valence-corrected chi connectivity index (χ4v) is 4.29. The van der Waals surface area contributed by atoms with E-state index in [1.807, 2.05) is 25.1 Å². The van der Waals surface area contributed by atoms with Gasteiger partial charge in [-0.05, 0) is 44.0 Å². The first-order valence-electron chi connectivity index (χ1n) is 10.6.